The normalized spacial score (nSPS) is 24.0. The van der Waals surface area contributed by atoms with Crippen LogP contribution in [0.15, 0.2) is 6.20 Å². The molecular weight excluding hydrogens is 339 g/mol. The van der Waals surface area contributed by atoms with E-state index in [0.29, 0.717) is 17.7 Å². The minimum Gasteiger partial charge on any atom is -0.461 e. The Balaban J connectivity index is 0.00000132. The van der Waals surface area contributed by atoms with E-state index >= 15 is 0 Å². The number of nitrogens with zero attached hydrogens (tertiary/aromatic N) is 2. The molecule has 0 amide bonds. The number of aromatic amines is 1. The molecule has 2 aliphatic rings. The van der Waals surface area contributed by atoms with E-state index in [4.69, 9.17) is 4.74 Å². The van der Waals surface area contributed by atoms with Crippen molar-refractivity contribution in [2.45, 2.75) is 32.7 Å². The highest BCUT2D eigenvalue weighted by Crippen LogP contribution is 2.36. The predicted molar refractivity (Wildman–Crippen MR) is 93.5 cm³/mol. The molecule has 1 spiro atoms. The molecule has 0 radical (unpaired) electrons. The fourth-order valence-corrected chi connectivity index (χ4v) is 3.64. The lowest BCUT2D eigenvalue weighted by Gasteiger charge is -2.40. The molecule has 0 saturated carbocycles. The van der Waals surface area contributed by atoms with Gasteiger partial charge < -0.3 is 10.1 Å². The van der Waals surface area contributed by atoms with Gasteiger partial charge in [-0.05, 0) is 44.7 Å². The van der Waals surface area contributed by atoms with Gasteiger partial charge in [0.2, 0.25) is 0 Å². The van der Waals surface area contributed by atoms with E-state index in [9.17, 15) is 4.79 Å². The molecule has 2 N–H and O–H groups in total. The minimum absolute atomic E-state index is 0. The van der Waals surface area contributed by atoms with Crippen LogP contribution in [0, 0.1) is 5.41 Å². The summed E-state index contributed by atoms with van der Waals surface area (Å²) in [5, 5.41) is 10.3. The van der Waals surface area contributed by atoms with Gasteiger partial charge in [0.05, 0.1) is 12.8 Å². The molecule has 0 bridgehead atoms. The van der Waals surface area contributed by atoms with Gasteiger partial charge in [0, 0.05) is 25.2 Å². The highest BCUT2D eigenvalue weighted by Gasteiger charge is 2.38. The van der Waals surface area contributed by atoms with Gasteiger partial charge in [-0.2, -0.15) is 5.10 Å². The van der Waals surface area contributed by atoms with Crippen molar-refractivity contribution in [1.82, 2.24) is 20.4 Å². The Morgan fingerprint density at radius 2 is 2.26 bits per heavy atom. The second-order valence-electron chi connectivity index (χ2n) is 6.23. The molecule has 6 nitrogen and oxygen atoms in total. The first-order valence-corrected chi connectivity index (χ1v) is 7.85. The Morgan fingerprint density at radius 3 is 2.96 bits per heavy atom. The van der Waals surface area contributed by atoms with Crippen LogP contribution in [-0.2, 0) is 11.3 Å². The molecule has 1 unspecified atom stereocenters. The fraction of sp³-hybridized carbons (Fsp3) is 0.733. The minimum atomic E-state index is -0.306. The van der Waals surface area contributed by atoms with Crippen molar-refractivity contribution in [2.24, 2.45) is 5.41 Å². The van der Waals surface area contributed by atoms with Crippen molar-refractivity contribution in [3.05, 3.63) is 17.5 Å². The molecule has 1 atom stereocenters. The maximum absolute atomic E-state index is 11.9. The van der Waals surface area contributed by atoms with Crippen molar-refractivity contribution in [2.75, 3.05) is 32.8 Å². The monoisotopic (exact) mass is 364 g/mol. The number of likely N-dealkylation sites (tertiary alicyclic amines) is 1. The van der Waals surface area contributed by atoms with E-state index < -0.39 is 0 Å². The quantitative estimate of drug-likeness (QED) is 0.799. The van der Waals surface area contributed by atoms with Gasteiger partial charge in [0.15, 0.2) is 0 Å². The van der Waals surface area contributed by atoms with E-state index in [-0.39, 0.29) is 30.8 Å². The fourth-order valence-electron chi connectivity index (χ4n) is 3.64. The molecule has 1 aromatic heterocycles. The third-order valence-corrected chi connectivity index (χ3v) is 4.66. The zero-order chi connectivity index (χ0) is 14.7. The summed E-state index contributed by atoms with van der Waals surface area (Å²) in [6, 6.07) is 0. The summed E-state index contributed by atoms with van der Waals surface area (Å²) in [4.78, 5) is 14.3. The summed E-state index contributed by atoms with van der Waals surface area (Å²) in [7, 11) is 0. The first kappa shape index (κ1) is 20.2. The highest BCUT2D eigenvalue weighted by molar-refractivity contribution is 5.88. The van der Waals surface area contributed by atoms with E-state index in [1.165, 1.54) is 19.3 Å². The van der Waals surface area contributed by atoms with Crippen LogP contribution in [0.2, 0.25) is 0 Å². The number of halogens is 2. The van der Waals surface area contributed by atoms with Crippen LogP contribution in [0.25, 0.3) is 0 Å². The molecule has 8 heteroatoms. The Labute approximate surface area is 149 Å². The van der Waals surface area contributed by atoms with Crippen LogP contribution in [0.3, 0.4) is 0 Å². The molecule has 0 aliphatic carbocycles. The SMILES string of the molecule is CCOC(=O)c1[nH]ncc1CN1CCCC2(CCNC2)C1.Cl.Cl. The zero-order valence-corrected chi connectivity index (χ0v) is 15.1. The summed E-state index contributed by atoms with van der Waals surface area (Å²) in [6.45, 7) is 7.42. The van der Waals surface area contributed by atoms with Crippen LogP contribution in [-0.4, -0.2) is 53.9 Å². The number of piperidine rings is 1. The summed E-state index contributed by atoms with van der Waals surface area (Å²) >= 11 is 0. The third-order valence-electron chi connectivity index (χ3n) is 4.66. The van der Waals surface area contributed by atoms with Gasteiger partial charge in [-0.25, -0.2) is 4.79 Å². The van der Waals surface area contributed by atoms with E-state index in [2.05, 4.69) is 20.4 Å². The van der Waals surface area contributed by atoms with Gasteiger partial charge in [-0.15, -0.1) is 24.8 Å². The van der Waals surface area contributed by atoms with Crippen molar-refractivity contribution in [3.8, 4) is 0 Å². The predicted octanol–water partition coefficient (Wildman–Crippen LogP) is 2.01. The molecule has 3 rings (SSSR count). The van der Waals surface area contributed by atoms with Gasteiger partial charge in [-0.1, -0.05) is 0 Å². The largest absolute Gasteiger partial charge is 0.461 e. The number of hydrogen-bond acceptors (Lipinski definition) is 5. The van der Waals surface area contributed by atoms with Crippen molar-refractivity contribution >= 4 is 30.8 Å². The number of aromatic nitrogens is 2. The first-order chi connectivity index (χ1) is 10.2. The summed E-state index contributed by atoms with van der Waals surface area (Å²) in [6.07, 6.45) is 5.56. The second kappa shape index (κ2) is 8.87. The number of nitrogens with one attached hydrogen (secondary N) is 2. The number of H-pyrrole nitrogens is 1. The smallest absolute Gasteiger partial charge is 0.356 e. The number of esters is 1. The highest BCUT2D eigenvalue weighted by atomic mass is 35.5. The van der Waals surface area contributed by atoms with E-state index in [0.717, 1.165) is 38.3 Å². The van der Waals surface area contributed by atoms with Crippen LogP contribution in [0.4, 0.5) is 0 Å². The van der Waals surface area contributed by atoms with Crippen LogP contribution >= 0.6 is 24.8 Å². The summed E-state index contributed by atoms with van der Waals surface area (Å²) in [5.41, 5.74) is 1.88. The standard InChI is InChI=1S/C15H24N4O2.2ClH/c1-2-21-14(20)13-12(8-17-18-13)9-19-7-3-4-15(11-19)5-6-16-10-15;;/h8,16H,2-7,9-11H2,1H3,(H,17,18);2*1H. The van der Waals surface area contributed by atoms with Crippen molar-refractivity contribution in [1.29, 1.82) is 0 Å². The lowest BCUT2D eigenvalue weighted by molar-refractivity contribution is 0.0514. The molecule has 3 heterocycles. The Hall–Kier alpha value is -0.820. The average Bonchev–Trinajstić information content (AvgIpc) is 3.09. The molecule has 2 saturated heterocycles. The van der Waals surface area contributed by atoms with Gasteiger partial charge in [-0.3, -0.25) is 10.00 Å². The van der Waals surface area contributed by atoms with Gasteiger partial charge >= 0.3 is 5.97 Å². The van der Waals surface area contributed by atoms with Crippen LogP contribution in [0.5, 0.6) is 0 Å². The lowest BCUT2D eigenvalue weighted by Crippen LogP contribution is -2.44. The van der Waals surface area contributed by atoms with Crippen molar-refractivity contribution in [3.63, 3.8) is 0 Å². The lowest BCUT2D eigenvalue weighted by atomic mass is 9.79. The molecule has 2 aliphatic heterocycles. The number of carbonyl (C=O) groups is 1. The molecule has 132 valence electrons. The number of carbonyl (C=O) groups excluding carboxylic acids is 1. The zero-order valence-electron chi connectivity index (χ0n) is 13.5. The topological polar surface area (TPSA) is 70.2 Å². The average molecular weight is 365 g/mol. The molecule has 1 aromatic rings. The maximum atomic E-state index is 11.9. The summed E-state index contributed by atoms with van der Waals surface area (Å²) in [5.74, 6) is -0.306. The maximum Gasteiger partial charge on any atom is 0.356 e. The summed E-state index contributed by atoms with van der Waals surface area (Å²) < 4.78 is 5.07. The Morgan fingerprint density at radius 1 is 1.43 bits per heavy atom. The van der Waals surface area contributed by atoms with E-state index in [1.807, 2.05) is 6.92 Å². The van der Waals surface area contributed by atoms with Gasteiger partial charge in [0.1, 0.15) is 5.69 Å². The molecule has 2 fully saturated rings. The van der Waals surface area contributed by atoms with Gasteiger partial charge in [0.25, 0.3) is 0 Å². The second-order valence-corrected chi connectivity index (χ2v) is 6.23. The van der Waals surface area contributed by atoms with E-state index in [1.54, 1.807) is 6.20 Å². The van der Waals surface area contributed by atoms with Crippen LogP contribution < -0.4 is 5.32 Å². The number of ether oxygens (including phenoxy) is 1. The Kier molecular flexibility index (Phi) is 7.80. The van der Waals surface area contributed by atoms with Crippen molar-refractivity contribution < 1.29 is 9.53 Å². The molecule has 0 aromatic carbocycles. The third kappa shape index (κ3) is 4.59. The van der Waals surface area contributed by atoms with Crippen LogP contribution in [0.1, 0.15) is 42.2 Å². The first-order valence-electron chi connectivity index (χ1n) is 7.85. The Bertz CT molecular complexity index is 503. The number of rotatable bonds is 4. The molecular formula is C15H26Cl2N4O2. The molecule has 23 heavy (non-hydrogen) atoms. The number of hydrogen-bond donors (Lipinski definition) is 2.